The fraction of sp³-hybridized carbons (Fsp3) is 0.833. The van der Waals surface area contributed by atoms with E-state index in [9.17, 15) is 0 Å². The molecule has 0 heterocycles. The lowest BCUT2D eigenvalue weighted by atomic mass is 10.1. The highest BCUT2D eigenvalue weighted by Crippen LogP contribution is 2.50. The summed E-state index contributed by atoms with van der Waals surface area (Å²) in [6, 6.07) is 0. The van der Waals surface area contributed by atoms with E-state index in [0.29, 0.717) is 5.41 Å². The Kier molecular flexibility index (Phi) is 0.556. The Balaban J connectivity index is 2.41. The summed E-state index contributed by atoms with van der Waals surface area (Å²) in [5.74, 6) is 0.748. The summed E-state index contributed by atoms with van der Waals surface area (Å²) in [6.45, 7) is 8.41. The maximum absolute atomic E-state index is 3.90. The summed E-state index contributed by atoms with van der Waals surface area (Å²) in [4.78, 5) is 0. The van der Waals surface area contributed by atoms with Crippen LogP contribution in [0.4, 0.5) is 0 Å². The second-order valence-electron chi connectivity index (χ2n) is 2.89. The van der Waals surface area contributed by atoms with Crippen LogP contribution in [0.15, 0.2) is 0 Å². The normalized spacial score (nSPS) is 39.5. The van der Waals surface area contributed by atoms with Crippen molar-refractivity contribution in [2.24, 2.45) is 11.3 Å². The quantitative estimate of drug-likeness (QED) is 0.419. The van der Waals surface area contributed by atoms with E-state index in [1.165, 1.54) is 6.42 Å². The molecule has 1 aliphatic carbocycles. The molecule has 0 spiro atoms. The first-order valence-electron chi connectivity index (χ1n) is 2.46. The lowest BCUT2D eigenvalue weighted by Gasteiger charge is -1.91. The van der Waals surface area contributed by atoms with Crippen LogP contribution in [0, 0.1) is 18.3 Å². The minimum Gasteiger partial charge on any atom is -0.0596 e. The van der Waals surface area contributed by atoms with Gasteiger partial charge >= 0.3 is 0 Å². The molecule has 35 valence electrons. The molecule has 1 fully saturated rings. The molecular weight excluding hydrogens is 72.1 g/mol. The van der Waals surface area contributed by atoms with Crippen LogP contribution in [0.5, 0.6) is 0 Å². The van der Waals surface area contributed by atoms with Crippen LogP contribution in [0.1, 0.15) is 20.3 Å². The first-order valence-corrected chi connectivity index (χ1v) is 2.46. The van der Waals surface area contributed by atoms with Crippen LogP contribution in [0.2, 0.25) is 0 Å². The Morgan fingerprint density at radius 3 is 1.83 bits per heavy atom. The van der Waals surface area contributed by atoms with Gasteiger partial charge in [-0.05, 0) is 24.7 Å². The van der Waals surface area contributed by atoms with Gasteiger partial charge in [-0.2, -0.15) is 0 Å². The zero-order valence-corrected chi connectivity index (χ0v) is 4.49. The highest BCUT2D eigenvalue weighted by Gasteiger charge is 2.41. The fourth-order valence-electron chi connectivity index (χ4n) is 0.576. The van der Waals surface area contributed by atoms with Crippen LogP contribution in [0.3, 0.4) is 0 Å². The predicted molar refractivity (Wildman–Crippen MR) is 27.2 cm³/mol. The molecular formula is C6H11. The summed E-state index contributed by atoms with van der Waals surface area (Å²) < 4.78 is 0. The molecule has 0 aromatic heterocycles. The molecule has 0 heteroatoms. The van der Waals surface area contributed by atoms with Gasteiger partial charge in [-0.1, -0.05) is 13.8 Å². The van der Waals surface area contributed by atoms with Gasteiger partial charge in [0.25, 0.3) is 0 Å². The smallest absolute Gasteiger partial charge is 0.0323 e. The first kappa shape index (κ1) is 4.17. The third kappa shape index (κ3) is 0.444. The van der Waals surface area contributed by atoms with Gasteiger partial charge in [0.1, 0.15) is 0 Å². The zero-order chi connectivity index (χ0) is 4.78. The Bertz CT molecular complexity index is 62.4. The van der Waals surface area contributed by atoms with Crippen molar-refractivity contribution in [3.05, 3.63) is 6.92 Å². The van der Waals surface area contributed by atoms with Crippen LogP contribution in [-0.2, 0) is 0 Å². The van der Waals surface area contributed by atoms with Crippen molar-refractivity contribution in [3.8, 4) is 0 Å². The molecule has 1 atom stereocenters. The van der Waals surface area contributed by atoms with Crippen molar-refractivity contribution in [3.63, 3.8) is 0 Å². The molecule has 0 saturated heterocycles. The van der Waals surface area contributed by atoms with Gasteiger partial charge in [-0.25, -0.2) is 0 Å². The third-order valence-corrected chi connectivity index (χ3v) is 1.72. The van der Waals surface area contributed by atoms with Crippen LogP contribution < -0.4 is 0 Å². The van der Waals surface area contributed by atoms with Crippen molar-refractivity contribution in [1.82, 2.24) is 0 Å². The molecule has 1 radical (unpaired) electrons. The van der Waals surface area contributed by atoms with E-state index in [2.05, 4.69) is 20.8 Å². The van der Waals surface area contributed by atoms with Crippen molar-refractivity contribution in [2.45, 2.75) is 20.3 Å². The van der Waals surface area contributed by atoms with E-state index in [1.807, 2.05) is 0 Å². The molecule has 1 rings (SSSR count). The molecule has 0 N–H and O–H groups in total. The zero-order valence-electron chi connectivity index (χ0n) is 4.49. The summed E-state index contributed by atoms with van der Waals surface area (Å²) in [7, 11) is 0. The summed E-state index contributed by atoms with van der Waals surface area (Å²) >= 11 is 0. The Morgan fingerprint density at radius 1 is 1.67 bits per heavy atom. The van der Waals surface area contributed by atoms with Gasteiger partial charge in [-0.15, -0.1) is 0 Å². The molecule has 0 aliphatic heterocycles. The van der Waals surface area contributed by atoms with Crippen molar-refractivity contribution < 1.29 is 0 Å². The van der Waals surface area contributed by atoms with Crippen molar-refractivity contribution in [1.29, 1.82) is 0 Å². The Hall–Kier alpha value is 0. The average molecular weight is 83.2 g/mol. The van der Waals surface area contributed by atoms with Crippen LogP contribution in [-0.4, -0.2) is 0 Å². The number of hydrogen-bond donors (Lipinski definition) is 0. The molecule has 0 bridgehead atoms. The van der Waals surface area contributed by atoms with E-state index in [4.69, 9.17) is 0 Å². The fourth-order valence-corrected chi connectivity index (χ4v) is 0.576. The Labute approximate surface area is 39.6 Å². The van der Waals surface area contributed by atoms with E-state index in [0.717, 1.165) is 5.92 Å². The van der Waals surface area contributed by atoms with Crippen molar-refractivity contribution in [2.75, 3.05) is 0 Å². The maximum Gasteiger partial charge on any atom is -0.0323 e. The third-order valence-electron chi connectivity index (χ3n) is 1.72. The van der Waals surface area contributed by atoms with Crippen LogP contribution in [0.25, 0.3) is 0 Å². The highest BCUT2D eigenvalue weighted by atomic mass is 14.5. The largest absolute Gasteiger partial charge is 0.0596 e. The Morgan fingerprint density at radius 2 is 1.83 bits per heavy atom. The molecule has 0 aromatic rings. The highest BCUT2D eigenvalue weighted by molar-refractivity contribution is 4.96. The second-order valence-corrected chi connectivity index (χ2v) is 2.89. The second kappa shape index (κ2) is 0.800. The van der Waals surface area contributed by atoms with Gasteiger partial charge in [-0.3, -0.25) is 0 Å². The lowest BCUT2D eigenvalue weighted by molar-refractivity contribution is 0.608. The molecule has 0 amide bonds. The number of hydrogen-bond acceptors (Lipinski definition) is 0. The minimum absolute atomic E-state index is 0.597. The van der Waals surface area contributed by atoms with Gasteiger partial charge in [0, 0.05) is 0 Å². The summed E-state index contributed by atoms with van der Waals surface area (Å²) in [6.07, 6.45) is 1.33. The van der Waals surface area contributed by atoms with Gasteiger partial charge in [0.05, 0.1) is 0 Å². The predicted octanol–water partition coefficient (Wildman–Crippen LogP) is 1.87. The van der Waals surface area contributed by atoms with Gasteiger partial charge in [0.15, 0.2) is 0 Å². The summed E-state index contributed by atoms with van der Waals surface area (Å²) in [5, 5.41) is 0. The average Bonchev–Trinajstić information content (AvgIpc) is 1.73. The standard InChI is InChI=1S/C6H11/c1-5-4-6(5,2)3/h5H,1,4H2,2-3H3. The molecule has 1 aliphatic rings. The minimum atomic E-state index is 0.597. The SMILES string of the molecule is [CH2]C1CC1(C)C. The summed E-state index contributed by atoms with van der Waals surface area (Å²) in [5.41, 5.74) is 0.597. The molecule has 1 saturated carbocycles. The molecule has 0 aromatic carbocycles. The molecule has 1 unspecified atom stereocenters. The van der Waals surface area contributed by atoms with E-state index >= 15 is 0 Å². The topological polar surface area (TPSA) is 0 Å². The first-order chi connectivity index (χ1) is 2.63. The van der Waals surface area contributed by atoms with Gasteiger partial charge in [0.2, 0.25) is 0 Å². The van der Waals surface area contributed by atoms with Crippen LogP contribution >= 0.6 is 0 Å². The van der Waals surface area contributed by atoms with Crippen molar-refractivity contribution >= 4 is 0 Å². The van der Waals surface area contributed by atoms with E-state index in [-0.39, 0.29) is 0 Å². The lowest BCUT2D eigenvalue weighted by Crippen LogP contribution is -1.83. The molecule has 6 heavy (non-hydrogen) atoms. The monoisotopic (exact) mass is 83.1 g/mol. The molecule has 0 nitrogen and oxygen atoms in total. The maximum atomic E-state index is 3.90. The van der Waals surface area contributed by atoms with Gasteiger partial charge < -0.3 is 0 Å². The number of rotatable bonds is 0. The van der Waals surface area contributed by atoms with E-state index in [1.54, 1.807) is 0 Å². The van der Waals surface area contributed by atoms with E-state index < -0.39 is 0 Å².